The van der Waals surface area contributed by atoms with Gasteiger partial charge in [-0.1, -0.05) is 42.5 Å². The monoisotopic (exact) mass is 502 g/mol. The molecule has 3 aliphatic heterocycles. The largest absolute Gasteiger partial charge is 0.493 e. The first-order valence-corrected chi connectivity index (χ1v) is 12.9. The van der Waals surface area contributed by atoms with Crippen LogP contribution in [0.2, 0.25) is 0 Å². The summed E-state index contributed by atoms with van der Waals surface area (Å²) in [7, 11) is 3.43. The summed E-state index contributed by atoms with van der Waals surface area (Å²) < 4.78 is 25.8. The molecule has 0 spiro atoms. The minimum Gasteiger partial charge on any atom is -0.493 e. The minimum absolute atomic E-state index is 0.140. The summed E-state index contributed by atoms with van der Waals surface area (Å²) in [6.45, 7) is 1.12. The predicted octanol–water partition coefficient (Wildman–Crippen LogP) is 6.46. The highest BCUT2D eigenvalue weighted by atomic mass is 16.7. The zero-order chi connectivity index (χ0) is 25.4. The third-order valence-electron chi connectivity index (χ3n) is 8.13. The summed E-state index contributed by atoms with van der Waals surface area (Å²) in [6, 6.07) is 25.8. The molecule has 0 radical (unpaired) electrons. The van der Waals surface area contributed by atoms with Gasteiger partial charge in [0.25, 0.3) is 0 Å². The first-order chi connectivity index (χ1) is 18.8. The summed E-state index contributed by atoms with van der Waals surface area (Å²) in [5.74, 6) is 3.13. The Labute approximate surface area is 220 Å². The normalized spacial score (nSPS) is 17.2. The molecule has 0 amide bonds. The van der Waals surface area contributed by atoms with Crippen molar-refractivity contribution in [2.45, 2.75) is 12.6 Å². The first kappa shape index (κ1) is 21.5. The van der Waals surface area contributed by atoms with Gasteiger partial charge in [-0.2, -0.15) is 0 Å². The Morgan fingerprint density at radius 3 is 2.24 bits per heavy atom. The molecule has 1 unspecified atom stereocenters. The number of para-hydroxylation sites is 2. The zero-order valence-electron chi connectivity index (χ0n) is 21.2. The van der Waals surface area contributed by atoms with Crippen LogP contribution in [0.1, 0.15) is 28.4 Å². The summed E-state index contributed by atoms with van der Waals surface area (Å²) in [5, 5.41) is 2.48. The highest BCUT2D eigenvalue weighted by molar-refractivity contribution is 6.08. The second-order valence-electron chi connectivity index (χ2n) is 9.92. The molecular formula is C32H26N2O4. The Morgan fingerprint density at radius 1 is 0.816 bits per heavy atom. The van der Waals surface area contributed by atoms with E-state index in [-0.39, 0.29) is 13.0 Å². The molecular weight excluding hydrogens is 476 g/mol. The van der Waals surface area contributed by atoms with E-state index >= 15 is 0 Å². The van der Waals surface area contributed by atoms with E-state index < -0.39 is 0 Å². The molecule has 0 aliphatic carbocycles. The van der Waals surface area contributed by atoms with Gasteiger partial charge in [0, 0.05) is 34.1 Å². The number of ether oxygens (including phenoxy) is 4. The number of benzene rings is 4. The van der Waals surface area contributed by atoms with E-state index in [1.54, 1.807) is 14.2 Å². The van der Waals surface area contributed by atoms with Crippen LogP contribution in [-0.2, 0) is 6.42 Å². The Hall–Kier alpha value is -4.58. The van der Waals surface area contributed by atoms with Crippen molar-refractivity contribution in [3.8, 4) is 23.0 Å². The SMILES string of the molecule is COc1ccc2c(c1OC)C(n1c3ccccc3c3ccccc31)N1CCc3cc4c(cc3C1=C2)OCO4. The van der Waals surface area contributed by atoms with Crippen LogP contribution in [0.5, 0.6) is 23.0 Å². The number of fused-ring (bicyclic) bond motifs is 8. The summed E-state index contributed by atoms with van der Waals surface area (Å²) in [5.41, 5.74) is 8.24. The lowest BCUT2D eigenvalue weighted by atomic mass is 9.88. The molecule has 5 aromatic rings. The number of methoxy groups -OCH3 is 2. The van der Waals surface area contributed by atoms with E-state index in [1.165, 1.54) is 38.6 Å². The number of aromatic nitrogens is 1. The molecule has 1 atom stereocenters. The van der Waals surface area contributed by atoms with Gasteiger partial charge < -0.3 is 28.4 Å². The van der Waals surface area contributed by atoms with Crippen molar-refractivity contribution in [1.82, 2.24) is 9.47 Å². The van der Waals surface area contributed by atoms with Crippen molar-refractivity contribution in [3.63, 3.8) is 0 Å². The molecule has 0 N–H and O–H groups in total. The topological polar surface area (TPSA) is 45.1 Å². The molecule has 4 aromatic carbocycles. The molecule has 188 valence electrons. The molecule has 0 saturated carbocycles. The van der Waals surface area contributed by atoms with Crippen LogP contribution in [0.3, 0.4) is 0 Å². The van der Waals surface area contributed by atoms with Crippen LogP contribution in [-0.4, -0.2) is 37.0 Å². The third-order valence-corrected chi connectivity index (χ3v) is 8.13. The maximum Gasteiger partial charge on any atom is 0.231 e. The lowest BCUT2D eigenvalue weighted by Crippen LogP contribution is -2.39. The summed E-state index contributed by atoms with van der Waals surface area (Å²) >= 11 is 0. The summed E-state index contributed by atoms with van der Waals surface area (Å²) in [4.78, 5) is 2.51. The zero-order valence-corrected chi connectivity index (χ0v) is 21.2. The second-order valence-corrected chi connectivity index (χ2v) is 9.92. The van der Waals surface area contributed by atoms with Crippen molar-refractivity contribution in [1.29, 1.82) is 0 Å². The maximum absolute atomic E-state index is 6.07. The van der Waals surface area contributed by atoms with Crippen molar-refractivity contribution in [3.05, 3.63) is 95.1 Å². The van der Waals surface area contributed by atoms with Crippen LogP contribution in [0.4, 0.5) is 0 Å². The highest BCUT2D eigenvalue weighted by Gasteiger charge is 2.39. The second kappa shape index (κ2) is 7.96. The van der Waals surface area contributed by atoms with Gasteiger partial charge in [-0.15, -0.1) is 0 Å². The predicted molar refractivity (Wildman–Crippen MR) is 148 cm³/mol. The Morgan fingerprint density at radius 2 is 1.53 bits per heavy atom. The third kappa shape index (κ3) is 2.83. The van der Waals surface area contributed by atoms with Gasteiger partial charge >= 0.3 is 0 Å². The standard InChI is InChI=1S/C32H26N2O4/c1-35-27-12-11-20-15-26-23-17-29-28(37-18-38-29)16-19(23)13-14-33(26)32(30(20)31(27)36-2)34-24-9-5-3-7-21(24)22-8-4-6-10-25(22)34/h3-12,15-17,32H,13-14,18H2,1-2H3. The lowest BCUT2D eigenvalue weighted by Gasteiger charge is -2.44. The summed E-state index contributed by atoms with van der Waals surface area (Å²) in [6.07, 6.45) is 3.04. The maximum atomic E-state index is 6.07. The fourth-order valence-corrected chi connectivity index (χ4v) is 6.51. The fourth-order valence-electron chi connectivity index (χ4n) is 6.51. The molecule has 0 saturated heterocycles. The lowest BCUT2D eigenvalue weighted by molar-refractivity contribution is 0.174. The van der Waals surface area contributed by atoms with Crippen molar-refractivity contribution in [2.24, 2.45) is 0 Å². The average molecular weight is 503 g/mol. The number of rotatable bonds is 3. The van der Waals surface area contributed by atoms with Crippen LogP contribution in [0.15, 0.2) is 72.8 Å². The molecule has 4 heterocycles. The molecule has 6 nitrogen and oxygen atoms in total. The van der Waals surface area contributed by atoms with Gasteiger partial charge in [0.05, 0.1) is 25.3 Å². The molecule has 6 heteroatoms. The minimum atomic E-state index is -0.140. The smallest absolute Gasteiger partial charge is 0.231 e. The molecule has 38 heavy (non-hydrogen) atoms. The quantitative estimate of drug-likeness (QED) is 0.283. The molecule has 0 bridgehead atoms. The van der Waals surface area contributed by atoms with E-state index in [9.17, 15) is 0 Å². The van der Waals surface area contributed by atoms with Gasteiger partial charge in [-0.25, -0.2) is 0 Å². The van der Waals surface area contributed by atoms with Crippen LogP contribution in [0, 0.1) is 0 Å². The van der Waals surface area contributed by atoms with E-state index in [0.29, 0.717) is 0 Å². The van der Waals surface area contributed by atoms with E-state index in [1.807, 2.05) is 6.07 Å². The molecule has 3 aliphatic rings. The van der Waals surface area contributed by atoms with Crippen molar-refractivity contribution < 1.29 is 18.9 Å². The van der Waals surface area contributed by atoms with Gasteiger partial charge in [0.2, 0.25) is 6.79 Å². The molecule has 0 fully saturated rings. The highest BCUT2D eigenvalue weighted by Crippen LogP contribution is 2.51. The van der Waals surface area contributed by atoms with Crippen LogP contribution >= 0.6 is 0 Å². The van der Waals surface area contributed by atoms with Gasteiger partial charge in [0.15, 0.2) is 23.0 Å². The van der Waals surface area contributed by atoms with E-state index in [2.05, 4.69) is 82.3 Å². The molecule has 1 aromatic heterocycles. The Kier molecular flexibility index (Phi) is 4.50. The average Bonchev–Trinajstić information content (AvgIpc) is 3.56. The Bertz CT molecular complexity index is 1750. The van der Waals surface area contributed by atoms with Crippen molar-refractivity contribution in [2.75, 3.05) is 27.6 Å². The molecule has 8 rings (SSSR count). The van der Waals surface area contributed by atoms with Crippen LogP contribution < -0.4 is 18.9 Å². The Balaban J connectivity index is 1.46. The number of hydrogen-bond donors (Lipinski definition) is 0. The number of hydrogen-bond acceptors (Lipinski definition) is 5. The van der Waals surface area contributed by atoms with E-state index in [4.69, 9.17) is 18.9 Å². The number of nitrogens with zero attached hydrogens (tertiary/aromatic N) is 2. The van der Waals surface area contributed by atoms with Gasteiger partial charge in [0.1, 0.15) is 6.17 Å². The van der Waals surface area contributed by atoms with Gasteiger partial charge in [-0.3, -0.25) is 0 Å². The fraction of sp³-hybridized carbons (Fsp3) is 0.188. The van der Waals surface area contributed by atoms with Gasteiger partial charge in [-0.05, 0) is 54.0 Å². The van der Waals surface area contributed by atoms with Crippen molar-refractivity contribution >= 4 is 33.6 Å². The van der Waals surface area contributed by atoms with E-state index in [0.717, 1.165) is 47.1 Å². The van der Waals surface area contributed by atoms with Crippen LogP contribution in [0.25, 0.3) is 33.6 Å². The first-order valence-electron chi connectivity index (χ1n) is 12.9.